The summed E-state index contributed by atoms with van der Waals surface area (Å²) in [5.41, 5.74) is -0.477. The van der Waals surface area contributed by atoms with E-state index < -0.39 is 5.60 Å². The van der Waals surface area contributed by atoms with Crippen molar-refractivity contribution in [2.24, 2.45) is 0 Å². The number of carbonyl (C=O) groups is 1. The molecule has 2 rings (SSSR count). The van der Waals surface area contributed by atoms with E-state index in [1.807, 2.05) is 20.8 Å². The molecule has 0 saturated carbocycles. The smallest absolute Gasteiger partial charge is 0.407 e. The van der Waals surface area contributed by atoms with Crippen LogP contribution in [0.15, 0.2) is 0 Å². The zero-order valence-corrected chi connectivity index (χ0v) is 12.0. The Morgan fingerprint density at radius 3 is 2.74 bits per heavy atom. The van der Waals surface area contributed by atoms with Gasteiger partial charge in [0, 0.05) is 13.1 Å². The number of rotatable bonds is 2. The summed E-state index contributed by atoms with van der Waals surface area (Å²) in [5, 5.41) is 15.9. The summed E-state index contributed by atoms with van der Waals surface area (Å²) >= 11 is 0. The van der Waals surface area contributed by atoms with Gasteiger partial charge in [0.15, 0.2) is 0 Å². The van der Waals surface area contributed by atoms with Gasteiger partial charge in [0.05, 0.1) is 18.3 Å². The molecule has 0 spiro atoms. The topological polar surface area (TPSA) is 73.8 Å². The van der Waals surface area contributed by atoms with Crippen molar-refractivity contribution in [3.63, 3.8) is 0 Å². The maximum atomic E-state index is 11.8. The number of carbonyl (C=O) groups excluding carboxylic acids is 1. The normalized spacial score (nSPS) is 32.5. The second-order valence-corrected chi connectivity index (χ2v) is 6.38. The van der Waals surface area contributed by atoms with Gasteiger partial charge >= 0.3 is 6.09 Å². The Morgan fingerprint density at radius 1 is 1.42 bits per heavy atom. The van der Waals surface area contributed by atoms with Crippen LogP contribution in [0.4, 0.5) is 4.79 Å². The van der Waals surface area contributed by atoms with E-state index in [2.05, 4.69) is 15.5 Å². The number of nitrogens with one attached hydrogen (secondary N) is 2. The molecule has 0 aromatic heterocycles. The van der Waals surface area contributed by atoms with Crippen molar-refractivity contribution in [2.45, 2.75) is 57.5 Å². The van der Waals surface area contributed by atoms with E-state index in [1.54, 1.807) is 0 Å². The van der Waals surface area contributed by atoms with E-state index in [0.29, 0.717) is 6.54 Å². The van der Waals surface area contributed by atoms with Crippen molar-refractivity contribution in [3.8, 4) is 0 Å². The SMILES string of the molecule is CC(C)(C)OC(=O)NC1CCNC1N1CCC(O)C1. The molecular formula is C13H25N3O3. The van der Waals surface area contributed by atoms with Gasteiger partial charge in [-0.25, -0.2) is 4.79 Å². The quantitative estimate of drug-likeness (QED) is 0.672. The molecule has 0 aromatic carbocycles. The van der Waals surface area contributed by atoms with Crippen LogP contribution in [0.5, 0.6) is 0 Å². The van der Waals surface area contributed by atoms with Crippen LogP contribution in [0.25, 0.3) is 0 Å². The van der Waals surface area contributed by atoms with Gasteiger partial charge in [0.1, 0.15) is 5.60 Å². The van der Waals surface area contributed by atoms with Crippen LogP contribution in [0.1, 0.15) is 33.6 Å². The first-order valence-corrected chi connectivity index (χ1v) is 7.00. The third-order valence-corrected chi connectivity index (χ3v) is 3.48. The predicted molar refractivity (Wildman–Crippen MR) is 71.8 cm³/mol. The molecule has 6 heteroatoms. The number of hydrogen-bond acceptors (Lipinski definition) is 5. The van der Waals surface area contributed by atoms with Gasteiger partial charge in [-0.1, -0.05) is 0 Å². The second kappa shape index (κ2) is 5.64. The lowest BCUT2D eigenvalue weighted by Gasteiger charge is -2.30. The van der Waals surface area contributed by atoms with E-state index in [0.717, 1.165) is 25.9 Å². The van der Waals surface area contributed by atoms with Crippen molar-refractivity contribution in [2.75, 3.05) is 19.6 Å². The Labute approximate surface area is 114 Å². The van der Waals surface area contributed by atoms with Gasteiger partial charge in [-0.3, -0.25) is 10.2 Å². The number of hydrogen-bond donors (Lipinski definition) is 3. The highest BCUT2D eigenvalue weighted by atomic mass is 16.6. The summed E-state index contributed by atoms with van der Waals surface area (Å²) in [6, 6.07) is 0.0418. The molecule has 3 unspecified atom stereocenters. The van der Waals surface area contributed by atoms with Crippen molar-refractivity contribution in [3.05, 3.63) is 0 Å². The summed E-state index contributed by atoms with van der Waals surface area (Å²) in [4.78, 5) is 14.0. The monoisotopic (exact) mass is 271 g/mol. The molecule has 0 aliphatic carbocycles. The lowest BCUT2D eigenvalue weighted by atomic mass is 10.2. The van der Waals surface area contributed by atoms with Crippen LogP contribution < -0.4 is 10.6 Å². The van der Waals surface area contributed by atoms with Gasteiger partial charge in [-0.2, -0.15) is 0 Å². The average Bonchev–Trinajstić information content (AvgIpc) is 2.83. The number of nitrogens with zero attached hydrogens (tertiary/aromatic N) is 1. The maximum Gasteiger partial charge on any atom is 0.407 e. The maximum absolute atomic E-state index is 11.8. The number of aliphatic hydroxyl groups is 1. The van der Waals surface area contributed by atoms with Gasteiger partial charge in [-0.05, 0) is 40.2 Å². The van der Waals surface area contributed by atoms with Crippen LogP contribution >= 0.6 is 0 Å². The highest BCUT2D eigenvalue weighted by Gasteiger charge is 2.36. The zero-order valence-electron chi connectivity index (χ0n) is 12.0. The third kappa shape index (κ3) is 4.06. The molecule has 1 amide bonds. The molecule has 2 heterocycles. The molecule has 3 atom stereocenters. The predicted octanol–water partition coefficient (Wildman–Crippen LogP) is 0.266. The van der Waals surface area contributed by atoms with Crippen molar-refractivity contribution < 1.29 is 14.6 Å². The van der Waals surface area contributed by atoms with Crippen LogP contribution in [0.3, 0.4) is 0 Å². The van der Waals surface area contributed by atoms with Gasteiger partial charge in [-0.15, -0.1) is 0 Å². The third-order valence-electron chi connectivity index (χ3n) is 3.48. The number of amides is 1. The molecule has 3 N–H and O–H groups in total. The first kappa shape index (κ1) is 14.6. The largest absolute Gasteiger partial charge is 0.444 e. The summed E-state index contributed by atoms with van der Waals surface area (Å²) < 4.78 is 5.29. The van der Waals surface area contributed by atoms with Gasteiger partial charge in [0.2, 0.25) is 0 Å². The summed E-state index contributed by atoms with van der Waals surface area (Å²) in [6.07, 6.45) is 1.17. The Hall–Kier alpha value is -0.850. The summed E-state index contributed by atoms with van der Waals surface area (Å²) in [7, 11) is 0. The first-order chi connectivity index (χ1) is 8.85. The number of aliphatic hydroxyl groups excluding tert-OH is 1. The lowest BCUT2D eigenvalue weighted by molar-refractivity contribution is 0.0471. The van der Waals surface area contributed by atoms with E-state index in [-0.39, 0.29) is 24.4 Å². The molecule has 2 saturated heterocycles. The Kier molecular flexibility index (Phi) is 4.32. The standard InChI is InChI=1S/C13H25N3O3/c1-13(2,3)19-12(18)15-10-4-6-14-11(10)16-7-5-9(17)8-16/h9-11,14,17H,4-8H2,1-3H3,(H,15,18). The Balaban J connectivity index is 1.87. The van der Waals surface area contributed by atoms with Crippen LogP contribution in [-0.2, 0) is 4.74 Å². The van der Waals surface area contributed by atoms with Gasteiger partial charge in [0.25, 0.3) is 0 Å². The molecule has 2 aliphatic heterocycles. The minimum atomic E-state index is -0.477. The highest BCUT2D eigenvalue weighted by Crippen LogP contribution is 2.18. The molecule has 2 fully saturated rings. The molecule has 19 heavy (non-hydrogen) atoms. The van der Waals surface area contributed by atoms with E-state index in [1.165, 1.54) is 0 Å². The Morgan fingerprint density at radius 2 is 2.16 bits per heavy atom. The Bertz CT molecular complexity index is 330. The van der Waals surface area contributed by atoms with Crippen molar-refractivity contribution >= 4 is 6.09 Å². The first-order valence-electron chi connectivity index (χ1n) is 7.00. The van der Waals surface area contributed by atoms with Gasteiger partial charge < -0.3 is 15.2 Å². The van der Waals surface area contributed by atoms with Crippen molar-refractivity contribution in [1.82, 2.24) is 15.5 Å². The minimum Gasteiger partial charge on any atom is -0.444 e. The second-order valence-electron chi connectivity index (χ2n) is 6.38. The van der Waals surface area contributed by atoms with E-state index in [9.17, 15) is 9.90 Å². The van der Waals surface area contributed by atoms with Crippen LogP contribution in [-0.4, -0.2) is 59.6 Å². The van der Waals surface area contributed by atoms with Crippen LogP contribution in [0, 0.1) is 0 Å². The van der Waals surface area contributed by atoms with E-state index in [4.69, 9.17) is 4.74 Å². The number of β-amino-alcohol motifs (C(OH)–C–C–N with tert-alkyl or cyclic N) is 1. The highest BCUT2D eigenvalue weighted by molar-refractivity contribution is 5.68. The average molecular weight is 271 g/mol. The fourth-order valence-corrected chi connectivity index (χ4v) is 2.70. The molecule has 2 aliphatic rings. The number of likely N-dealkylation sites (tertiary alicyclic amines) is 1. The molecule has 0 aromatic rings. The fourth-order valence-electron chi connectivity index (χ4n) is 2.70. The minimum absolute atomic E-state index is 0.0418. The molecular weight excluding hydrogens is 246 g/mol. The van der Waals surface area contributed by atoms with E-state index >= 15 is 0 Å². The van der Waals surface area contributed by atoms with Crippen LogP contribution in [0.2, 0.25) is 0 Å². The fraction of sp³-hybridized carbons (Fsp3) is 0.923. The summed E-state index contributed by atoms with van der Waals surface area (Å²) in [5.74, 6) is 0. The molecule has 0 bridgehead atoms. The summed E-state index contributed by atoms with van der Waals surface area (Å²) in [6.45, 7) is 7.97. The lowest BCUT2D eigenvalue weighted by Crippen LogP contribution is -2.53. The number of alkyl carbamates (subject to hydrolysis) is 1. The zero-order chi connectivity index (χ0) is 14.0. The molecule has 6 nitrogen and oxygen atoms in total. The number of ether oxygens (including phenoxy) is 1. The molecule has 0 radical (unpaired) electrons. The molecule has 110 valence electrons. The van der Waals surface area contributed by atoms with Crippen molar-refractivity contribution in [1.29, 1.82) is 0 Å².